The van der Waals surface area contributed by atoms with Gasteiger partial charge < -0.3 is 15.4 Å². The number of ether oxygens (including phenoxy) is 1. The van der Waals surface area contributed by atoms with Crippen molar-refractivity contribution in [2.24, 2.45) is 0 Å². The fraction of sp³-hybridized carbons (Fsp3) is 0.800. The van der Waals surface area contributed by atoms with Crippen LogP contribution in [0.2, 0.25) is 0 Å². The van der Waals surface area contributed by atoms with Gasteiger partial charge in [-0.1, -0.05) is 0 Å². The minimum atomic E-state index is -0.567. The summed E-state index contributed by atoms with van der Waals surface area (Å²) in [5.74, 6) is -0.149. The summed E-state index contributed by atoms with van der Waals surface area (Å²) in [6.07, 6.45) is 2.13. The van der Waals surface area contributed by atoms with Gasteiger partial charge in [0, 0.05) is 25.8 Å². The second-order valence-electron chi connectivity index (χ2n) is 3.82. The zero-order chi connectivity index (χ0) is 12.0. The van der Waals surface area contributed by atoms with E-state index in [9.17, 15) is 9.59 Å². The van der Waals surface area contributed by atoms with Gasteiger partial charge in [-0.05, 0) is 12.8 Å². The van der Waals surface area contributed by atoms with E-state index in [-0.39, 0.29) is 23.7 Å². The Morgan fingerprint density at radius 3 is 2.81 bits per heavy atom. The third-order valence-corrected chi connectivity index (χ3v) is 2.77. The lowest BCUT2D eigenvalue weighted by Crippen LogP contribution is -2.48. The molecular formula is C10H18N2O3S. The van der Waals surface area contributed by atoms with E-state index in [1.54, 1.807) is 0 Å². The van der Waals surface area contributed by atoms with Crippen molar-refractivity contribution in [1.82, 2.24) is 10.6 Å². The first-order valence-corrected chi connectivity index (χ1v) is 6.04. The monoisotopic (exact) mass is 246 g/mol. The molecule has 0 saturated carbocycles. The van der Waals surface area contributed by atoms with Crippen LogP contribution in [-0.4, -0.2) is 42.9 Å². The molecule has 0 aliphatic carbocycles. The summed E-state index contributed by atoms with van der Waals surface area (Å²) in [5.41, 5.74) is 0. The molecule has 6 heteroatoms. The molecule has 92 valence electrons. The van der Waals surface area contributed by atoms with Gasteiger partial charge in [0.25, 0.3) is 0 Å². The molecule has 2 N–H and O–H groups in total. The molecule has 1 aliphatic rings. The Hall–Kier alpha value is -0.750. The molecular weight excluding hydrogens is 228 g/mol. The highest BCUT2D eigenvalue weighted by atomic mass is 32.1. The predicted molar refractivity (Wildman–Crippen MR) is 63.4 cm³/mol. The lowest BCUT2D eigenvalue weighted by Gasteiger charge is -2.17. The Morgan fingerprint density at radius 2 is 2.31 bits per heavy atom. The molecule has 2 atom stereocenters. The van der Waals surface area contributed by atoms with E-state index in [4.69, 9.17) is 4.74 Å². The van der Waals surface area contributed by atoms with Crippen LogP contribution in [0.5, 0.6) is 0 Å². The van der Waals surface area contributed by atoms with E-state index in [0.717, 1.165) is 19.4 Å². The van der Waals surface area contributed by atoms with Crippen LogP contribution in [0.3, 0.4) is 0 Å². The van der Waals surface area contributed by atoms with Gasteiger partial charge in [0.05, 0.1) is 6.10 Å². The Kier molecular flexibility index (Phi) is 5.62. The summed E-state index contributed by atoms with van der Waals surface area (Å²) in [6.45, 7) is 2.65. The first-order chi connectivity index (χ1) is 7.63. The second-order valence-corrected chi connectivity index (χ2v) is 4.18. The van der Waals surface area contributed by atoms with Crippen LogP contribution in [0.1, 0.15) is 19.8 Å². The van der Waals surface area contributed by atoms with Crippen molar-refractivity contribution >= 4 is 24.4 Å². The number of hydrogen-bond acceptors (Lipinski definition) is 4. The van der Waals surface area contributed by atoms with Crippen LogP contribution in [-0.2, 0) is 14.3 Å². The number of rotatable bonds is 5. The Bertz CT molecular complexity index is 254. The Labute approximate surface area is 101 Å². The number of carbonyl (C=O) groups excluding carboxylic acids is 2. The third kappa shape index (κ3) is 4.40. The van der Waals surface area contributed by atoms with Crippen LogP contribution in [0.4, 0.5) is 0 Å². The van der Waals surface area contributed by atoms with Gasteiger partial charge in [-0.25, -0.2) is 0 Å². The van der Waals surface area contributed by atoms with Crippen LogP contribution < -0.4 is 10.6 Å². The first kappa shape index (κ1) is 13.3. The largest absolute Gasteiger partial charge is 0.376 e. The summed E-state index contributed by atoms with van der Waals surface area (Å²) in [6, 6.07) is -0.567. The average molecular weight is 246 g/mol. The Morgan fingerprint density at radius 1 is 1.56 bits per heavy atom. The SMILES string of the molecule is CC(=O)NC(CS)C(=O)NCC1CCCO1. The highest BCUT2D eigenvalue weighted by Gasteiger charge is 2.20. The number of nitrogens with one attached hydrogen (secondary N) is 2. The van der Waals surface area contributed by atoms with Crippen molar-refractivity contribution in [3.05, 3.63) is 0 Å². The number of carbonyl (C=O) groups is 2. The van der Waals surface area contributed by atoms with Gasteiger partial charge >= 0.3 is 0 Å². The van der Waals surface area contributed by atoms with E-state index < -0.39 is 6.04 Å². The summed E-state index contributed by atoms with van der Waals surface area (Å²) in [5, 5.41) is 5.29. The van der Waals surface area contributed by atoms with Crippen LogP contribution in [0.15, 0.2) is 0 Å². The van der Waals surface area contributed by atoms with Crippen LogP contribution in [0.25, 0.3) is 0 Å². The van der Waals surface area contributed by atoms with Crippen molar-refractivity contribution in [3.8, 4) is 0 Å². The number of hydrogen-bond donors (Lipinski definition) is 3. The van der Waals surface area contributed by atoms with Gasteiger partial charge in [-0.3, -0.25) is 9.59 Å². The maximum absolute atomic E-state index is 11.6. The smallest absolute Gasteiger partial charge is 0.243 e. The highest BCUT2D eigenvalue weighted by Crippen LogP contribution is 2.10. The second kappa shape index (κ2) is 6.75. The fourth-order valence-corrected chi connectivity index (χ4v) is 1.84. The normalized spacial score (nSPS) is 21.5. The van der Waals surface area contributed by atoms with Crippen molar-refractivity contribution in [2.75, 3.05) is 18.9 Å². The van der Waals surface area contributed by atoms with Gasteiger partial charge in [0.15, 0.2) is 0 Å². The van der Waals surface area contributed by atoms with E-state index in [2.05, 4.69) is 23.3 Å². The standard InChI is InChI=1S/C10H18N2O3S/c1-7(13)12-9(6-16)10(14)11-5-8-3-2-4-15-8/h8-9,16H,2-6H2,1H3,(H,11,14)(H,12,13). The first-order valence-electron chi connectivity index (χ1n) is 5.40. The zero-order valence-corrected chi connectivity index (χ0v) is 10.3. The summed E-state index contributed by atoms with van der Waals surface area (Å²) < 4.78 is 5.38. The Balaban J connectivity index is 2.28. The molecule has 1 heterocycles. The molecule has 0 aromatic heterocycles. The molecule has 0 spiro atoms. The molecule has 5 nitrogen and oxygen atoms in total. The van der Waals surface area contributed by atoms with Crippen LogP contribution in [0, 0.1) is 0 Å². The fourth-order valence-electron chi connectivity index (χ4n) is 1.58. The quantitative estimate of drug-likeness (QED) is 0.584. The summed E-state index contributed by atoms with van der Waals surface area (Å²) in [7, 11) is 0. The molecule has 2 amide bonds. The maximum Gasteiger partial charge on any atom is 0.243 e. The van der Waals surface area contributed by atoms with Crippen LogP contribution >= 0.6 is 12.6 Å². The van der Waals surface area contributed by atoms with Gasteiger partial charge in [0.2, 0.25) is 11.8 Å². The minimum absolute atomic E-state index is 0.113. The molecule has 16 heavy (non-hydrogen) atoms. The molecule has 0 radical (unpaired) electrons. The number of thiol groups is 1. The highest BCUT2D eigenvalue weighted by molar-refractivity contribution is 7.80. The lowest BCUT2D eigenvalue weighted by molar-refractivity contribution is -0.127. The molecule has 1 fully saturated rings. The lowest BCUT2D eigenvalue weighted by atomic mass is 10.2. The van der Waals surface area contributed by atoms with E-state index in [1.165, 1.54) is 6.92 Å². The molecule has 1 rings (SSSR count). The summed E-state index contributed by atoms with van der Waals surface area (Å²) in [4.78, 5) is 22.5. The van der Waals surface area contributed by atoms with E-state index in [1.807, 2.05) is 0 Å². The van der Waals surface area contributed by atoms with Crippen molar-refractivity contribution < 1.29 is 14.3 Å². The summed E-state index contributed by atoms with van der Waals surface area (Å²) >= 11 is 4.03. The topological polar surface area (TPSA) is 67.4 Å². The van der Waals surface area contributed by atoms with E-state index >= 15 is 0 Å². The van der Waals surface area contributed by atoms with E-state index in [0.29, 0.717) is 6.54 Å². The van der Waals surface area contributed by atoms with Crippen molar-refractivity contribution in [3.63, 3.8) is 0 Å². The zero-order valence-electron chi connectivity index (χ0n) is 9.36. The molecule has 2 unspecified atom stereocenters. The van der Waals surface area contributed by atoms with Gasteiger partial charge in [-0.15, -0.1) is 0 Å². The molecule has 0 aromatic rings. The number of amides is 2. The third-order valence-electron chi connectivity index (χ3n) is 2.40. The maximum atomic E-state index is 11.6. The van der Waals surface area contributed by atoms with Crippen molar-refractivity contribution in [1.29, 1.82) is 0 Å². The average Bonchev–Trinajstić information content (AvgIpc) is 2.75. The minimum Gasteiger partial charge on any atom is -0.376 e. The predicted octanol–water partition coefficient (Wildman–Crippen LogP) is -0.284. The molecule has 1 saturated heterocycles. The molecule has 1 aliphatic heterocycles. The van der Waals surface area contributed by atoms with Gasteiger partial charge in [-0.2, -0.15) is 12.6 Å². The van der Waals surface area contributed by atoms with Crippen molar-refractivity contribution in [2.45, 2.75) is 31.9 Å². The molecule has 0 aromatic carbocycles. The van der Waals surface area contributed by atoms with Gasteiger partial charge in [0.1, 0.15) is 6.04 Å². The molecule has 0 bridgehead atoms.